The minimum Gasteiger partial charge on any atom is -0.385 e. The highest BCUT2D eigenvalue weighted by molar-refractivity contribution is 6.23. The van der Waals surface area contributed by atoms with Gasteiger partial charge in [0.1, 0.15) is 17.7 Å². The number of amides is 6. The third kappa shape index (κ3) is 11.3. The van der Waals surface area contributed by atoms with Gasteiger partial charge in [-0.2, -0.15) is 5.10 Å². The van der Waals surface area contributed by atoms with Gasteiger partial charge >= 0.3 is 0 Å². The molecule has 1 aromatic heterocycles. The highest BCUT2D eigenvalue weighted by Gasteiger charge is 2.44. The van der Waals surface area contributed by atoms with Crippen molar-refractivity contribution >= 4 is 69.2 Å². The Balaban J connectivity index is 0.711. The Kier molecular flexibility index (Phi) is 14.7. The third-order valence-corrected chi connectivity index (χ3v) is 13.3. The molecule has 0 spiro atoms. The molecule has 4 aliphatic rings. The number of carbonyl (C=O) groups is 6. The number of hydrogen-bond acceptors (Lipinski definition) is 12. The number of unbranched alkanes of at least 4 members (excludes halogenated alkanes) is 3. The van der Waals surface area contributed by atoms with E-state index in [9.17, 15) is 37.5 Å². The molecule has 19 heteroatoms. The number of piperidine rings is 1. The molecule has 17 nitrogen and oxygen atoms in total. The quantitative estimate of drug-likeness (QED) is 0.0470. The zero-order valence-electron chi connectivity index (χ0n) is 38.7. The number of piperazine rings is 1. The summed E-state index contributed by atoms with van der Waals surface area (Å²) in [5.41, 5.74) is 5.30. The zero-order chi connectivity index (χ0) is 48.7. The Morgan fingerprint density at radius 1 is 0.771 bits per heavy atom. The van der Waals surface area contributed by atoms with Crippen LogP contribution in [0.2, 0.25) is 0 Å². The van der Waals surface area contributed by atoms with Gasteiger partial charge in [0.05, 0.1) is 28.8 Å². The van der Waals surface area contributed by atoms with E-state index in [0.717, 1.165) is 60.7 Å². The molecule has 6 N–H and O–H groups in total. The third-order valence-electron chi connectivity index (χ3n) is 13.3. The van der Waals surface area contributed by atoms with E-state index in [2.05, 4.69) is 46.6 Å². The second-order valence-electron chi connectivity index (χ2n) is 18.3. The number of aromatic amines is 1. The first-order valence-electron chi connectivity index (χ1n) is 24.0. The van der Waals surface area contributed by atoms with Crippen LogP contribution in [0.15, 0.2) is 72.8 Å². The highest BCUT2D eigenvalue weighted by atomic mass is 19.1. The Morgan fingerprint density at radius 3 is 2.30 bits per heavy atom. The van der Waals surface area contributed by atoms with Crippen molar-refractivity contribution in [3.63, 3.8) is 0 Å². The number of nitrogens with one attached hydrogen (secondary N) is 6. The van der Waals surface area contributed by atoms with E-state index in [4.69, 9.17) is 4.74 Å². The predicted octanol–water partition coefficient (Wildman–Crippen LogP) is 5.59. The fourth-order valence-electron chi connectivity index (χ4n) is 9.57. The first-order valence-corrected chi connectivity index (χ1v) is 24.0. The van der Waals surface area contributed by atoms with Crippen LogP contribution >= 0.6 is 0 Å². The second kappa shape index (κ2) is 21.6. The molecule has 5 aromatic rings. The van der Waals surface area contributed by atoms with Gasteiger partial charge in [-0.25, -0.2) is 8.78 Å². The maximum Gasteiger partial charge on any atom is 0.262 e. The van der Waals surface area contributed by atoms with Crippen molar-refractivity contribution < 1.29 is 42.3 Å². The summed E-state index contributed by atoms with van der Waals surface area (Å²) in [6.07, 6.45) is 5.63. The molecule has 0 saturated carbocycles. The predicted molar refractivity (Wildman–Crippen MR) is 259 cm³/mol. The molecule has 70 heavy (non-hydrogen) atoms. The van der Waals surface area contributed by atoms with Crippen molar-refractivity contribution in [1.82, 2.24) is 30.6 Å². The number of aromatic nitrogens is 2. The normalized spacial score (nSPS) is 17.7. The minimum atomic E-state index is -1.00. The van der Waals surface area contributed by atoms with Crippen LogP contribution in [0.4, 0.5) is 31.7 Å². The van der Waals surface area contributed by atoms with Crippen LogP contribution in [0.25, 0.3) is 10.9 Å². The van der Waals surface area contributed by atoms with Gasteiger partial charge in [0.25, 0.3) is 17.7 Å². The Morgan fingerprint density at radius 2 is 1.53 bits per heavy atom. The molecule has 4 aromatic carbocycles. The lowest BCUT2D eigenvalue weighted by atomic mass is 10.0. The van der Waals surface area contributed by atoms with Crippen molar-refractivity contribution in [3.05, 3.63) is 112 Å². The lowest BCUT2D eigenvalue weighted by Crippen LogP contribution is -2.54. The van der Waals surface area contributed by atoms with Gasteiger partial charge in [-0.1, -0.05) is 18.9 Å². The standard InChI is InChI=1S/C51H56F2N10O7/c52-33-24-32(25-34(53)27-33)23-31-5-10-42-41(26-31)47(60-59-42)58-48(66)39-9-7-37(29-43(39)56-35-13-21-70-22-14-35)62-19-17-61(18-20-62)30-46(65)55-16-4-2-1-3-15-54-36-6-8-38-40(28-36)51(69)63(50(38)68)44-11-12-45(64)57-49(44)67/h5-10,24-29,35,44,54,56H,1-4,11-23,30H2,(H,55,65)(H,57,64,67)(H2,58,59,60,66). The van der Waals surface area contributed by atoms with Crippen LogP contribution in [0, 0.1) is 11.6 Å². The number of benzene rings is 4. The highest BCUT2D eigenvalue weighted by Crippen LogP contribution is 2.32. The summed E-state index contributed by atoms with van der Waals surface area (Å²) in [6.45, 7) is 5.59. The van der Waals surface area contributed by atoms with Crippen molar-refractivity contribution in [2.75, 3.05) is 79.9 Å². The Bertz CT molecular complexity index is 2790. The summed E-state index contributed by atoms with van der Waals surface area (Å²) >= 11 is 0. The monoisotopic (exact) mass is 958 g/mol. The van der Waals surface area contributed by atoms with Gasteiger partial charge in [0.2, 0.25) is 17.7 Å². The van der Waals surface area contributed by atoms with E-state index in [0.29, 0.717) is 105 Å². The number of halogens is 2. The lowest BCUT2D eigenvalue weighted by molar-refractivity contribution is -0.136. The molecule has 1 unspecified atom stereocenters. The molecule has 366 valence electrons. The molecule has 6 amide bonds. The topological polar surface area (TPSA) is 210 Å². The molecule has 0 aliphatic carbocycles. The number of carbonyl (C=O) groups excluding carboxylic acids is 6. The van der Waals surface area contributed by atoms with Gasteiger partial charge in [-0.15, -0.1) is 0 Å². The first kappa shape index (κ1) is 47.8. The van der Waals surface area contributed by atoms with E-state index >= 15 is 0 Å². The molecule has 4 aliphatic heterocycles. The molecular formula is C51H56F2N10O7. The van der Waals surface area contributed by atoms with Crippen molar-refractivity contribution in [3.8, 4) is 0 Å². The lowest BCUT2D eigenvalue weighted by Gasteiger charge is -2.36. The summed E-state index contributed by atoms with van der Waals surface area (Å²) in [7, 11) is 0. The van der Waals surface area contributed by atoms with E-state index in [-0.39, 0.29) is 41.8 Å². The summed E-state index contributed by atoms with van der Waals surface area (Å²) in [5.74, 6) is -3.42. The van der Waals surface area contributed by atoms with Crippen molar-refractivity contribution in [1.29, 1.82) is 0 Å². The van der Waals surface area contributed by atoms with Gasteiger partial charge in [-0.3, -0.25) is 49.0 Å². The summed E-state index contributed by atoms with van der Waals surface area (Å²) in [6, 6.07) is 18.9. The molecule has 3 fully saturated rings. The smallest absolute Gasteiger partial charge is 0.262 e. The van der Waals surface area contributed by atoms with E-state index in [1.165, 1.54) is 12.1 Å². The van der Waals surface area contributed by atoms with Crippen molar-refractivity contribution in [2.24, 2.45) is 0 Å². The van der Waals surface area contributed by atoms with Gasteiger partial charge in [-0.05, 0) is 110 Å². The maximum atomic E-state index is 14.0. The number of hydrogen-bond donors (Lipinski definition) is 6. The zero-order valence-corrected chi connectivity index (χ0v) is 38.7. The molecule has 3 saturated heterocycles. The number of anilines is 4. The maximum absolute atomic E-state index is 14.0. The number of rotatable bonds is 18. The summed E-state index contributed by atoms with van der Waals surface area (Å²) in [5, 5.41) is 23.2. The number of nitrogens with zero attached hydrogens (tertiary/aromatic N) is 4. The molecule has 0 radical (unpaired) electrons. The fraction of sp³-hybridized carbons (Fsp3) is 0.392. The van der Waals surface area contributed by atoms with Gasteiger partial charge in [0, 0.05) is 93.5 Å². The largest absolute Gasteiger partial charge is 0.385 e. The number of H-pyrrole nitrogens is 1. The van der Waals surface area contributed by atoms with Crippen LogP contribution in [0.3, 0.4) is 0 Å². The summed E-state index contributed by atoms with van der Waals surface area (Å²) in [4.78, 5) is 82.3. The molecule has 9 rings (SSSR count). The first-order chi connectivity index (χ1) is 33.9. The number of imide groups is 2. The van der Waals surface area contributed by atoms with Crippen LogP contribution < -0.4 is 31.5 Å². The van der Waals surface area contributed by atoms with Crippen LogP contribution in [-0.2, 0) is 25.5 Å². The summed E-state index contributed by atoms with van der Waals surface area (Å²) < 4.78 is 33.4. The number of ether oxygens (including phenoxy) is 1. The average molecular weight is 959 g/mol. The average Bonchev–Trinajstić information content (AvgIpc) is 3.85. The van der Waals surface area contributed by atoms with E-state index in [1.54, 1.807) is 18.2 Å². The molecule has 1 atom stereocenters. The molecule has 5 heterocycles. The Labute approximate surface area is 403 Å². The fourth-order valence-corrected chi connectivity index (χ4v) is 9.57. The molecular weight excluding hydrogens is 903 g/mol. The van der Waals surface area contributed by atoms with Gasteiger partial charge in [0.15, 0.2) is 5.82 Å². The van der Waals surface area contributed by atoms with Gasteiger partial charge < -0.3 is 30.9 Å². The molecule has 0 bridgehead atoms. The van der Waals surface area contributed by atoms with Crippen molar-refractivity contribution in [2.45, 2.75) is 69.9 Å². The number of fused-ring (bicyclic) bond motifs is 2. The minimum absolute atomic E-state index is 0.0165. The van der Waals surface area contributed by atoms with Crippen LogP contribution in [-0.4, -0.2) is 127 Å². The van der Waals surface area contributed by atoms with Crippen LogP contribution in [0.5, 0.6) is 0 Å². The Hall–Kier alpha value is -7.25. The SMILES string of the molecule is O=C(CN1CCN(c2ccc(C(=O)Nc3n[nH]c4ccc(Cc5cc(F)cc(F)c5)cc34)c(NC3CCOCC3)c2)CC1)NCCCCCCNc1ccc2c(c1)C(=O)N(C1CCC(=O)NC1=O)C2=O. The second-order valence-corrected chi connectivity index (χ2v) is 18.3. The van der Waals surface area contributed by atoms with E-state index < -0.39 is 41.3 Å². The van der Waals surface area contributed by atoms with E-state index in [1.807, 2.05) is 36.4 Å². The van der Waals surface area contributed by atoms with Crippen LogP contribution in [0.1, 0.15) is 93.6 Å².